The smallest absolute Gasteiger partial charge is 0.126 e. The van der Waals surface area contributed by atoms with E-state index < -0.39 is 11.6 Å². The molecule has 1 fully saturated rings. The van der Waals surface area contributed by atoms with Crippen molar-refractivity contribution in [2.24, 2.45) is 5.92 Å². The third-order valence-corrected chi connectivity index (χ3v) is 3.90. The first-order chi connectivity index (χ1) is 6.56. The van der Waals surface area contributed by atoms with Gasteiger partial charge in [0.05, 0.1) is 0 Å². The lowest BCUT2D eigenvalue weighted by molar-refractivity contribution is 0.571. The van der Waals surface area contributed by atoms with E-state index in [0.717, 1.165) is 23.4 Å². The third kappa shape index (κ3) is 1.58. The second-order valence-electron chi connectivity index (χ2n) is 4.13. The van der Waals surface area contributed by atoms with E-state index in [4.69, 9.17) is 0 Å². The van der Waals surface area contributed by atoms with Crippen molar-refractivity contribution in [3.05, 3.63) is 35.4 Å². The minimum atomic E-state index is -0.485. The quantitative estimate of drug-likeness (QED) is 0.713. The lowest BCUT2D eigenvalue weighted by atomic mass is 9.96. The summed E-state index contributed by atoms with van der Waals surface area (Å²) in [7, 11) is 0. The highest BCUT2D eigenvalue weighted by molar-refractivity contribution is 9.09. The molecule has 0 bridgehead atoms. The van der Waals surface area contributed by atoms with Crippen LogP contribution in [0.5, 0.6) is 0 Å². The number of halogens is 3. The average Bonchev–Trinajstić information content (AvgIpc) is 2.77. The van der Waals surface area contributed by atoms with Gasteiger partial charge in [0.2, 0.25) is 0 Å². The van der Waals surface area contributed by atoms with Gasteiger partial charge in [-0.3, -0.25) is 0 Å². The predicted octanol–water partition coefficient (Wildman–Crippen LogP) is 3.64. The summed E-state index contributed by atoms with van der Waals surface area (Å²) in [4.78, 5) is 0. The van der Waals surface area contributed by atoms with Crippen LogP contribution in [0.1, 0.15) is 18.9 Å². The van der Waals surface area contributed by atoms with Crippen molar-refractivity contribution in [3.63, 3.8) is 0 Å². The normalized spacial score (nSPS) is 30.4. The maximum absolute atomic E-state index is 13.0. The molecule has 14 heavy (non-hydrogen) atoms. The van der Waals surface area contributed by atoms with Crippen molar-refractivity contribution in [1.82, 2.24) is 0 Å². The topological polar surface area (TPSA) is 0 Å². The molecule has 3 heteroatoms. The van der Waals surface area contributed by atoms with Gasteiger partial charge in [-0.05, 0) is 35.4 Å². The summed E-state index contributed by atoms with van der Waals surface area (Å²) in [6.45, 7) is 2.05. The molecule has 0 aromatic heterocycles. The van der Waals surface area contributed by atoms with E-state index in [1.54, 1.807) is 0 Å². The van der Waals surface area contributed by atoms with Crippen LogP contribution in [-0.4, -0.2) is 5.33 Å². The Balaban J connectivity index is 2.34. The van der Waals surface area contributed by atoms with Crippen LogP contribution < -0.4 is 0 Å². The van der Waals surface area contributed by atoms with E-state index in [2.05, 4.69) is 15.9 Å². The van der Waals surface area contributed by atoms with Gasteiger partial charge in [-0.1, -0.05) is 22.9 Å². The van der Waals surface area contributed by atoms with Crippen LogP contribution in [0.15, 0.2) is 18.2 Å². The molecule has 0 amide bonds. The minimum absolute atomic E-state index is 0.0353. The second-order valence-corrected chi connectivity index (χ2v) is 4.78. The molecule has 1 aromatic carbocycles. The van der Waals surface area contributed by atoms with Crippen LogP contribution in [0.3, 0.4) is 0 Å². The monoisotopic (exact) mass is 260 g/mol. The molecule has 0 heterocycles. The Labute approximate surface area is 90.4 Å². The van der Waals surface area contributed by atoms with Gasteiger partial charge in [0, 0.05) is 11.4 Å². The Morgan fingerprint density at radius 3 is 2.36 bits per heavy atom. The van der Waals surface area contributed by atoms with Gasteiger partial charge >= 0.3 is 0 Å². The number of alkyl halides is 1. The molecule has 0 radical (unpaired) electrons. The van der Waals surface area contributed by atoms with Crippen LogP contribution in [0.2, 0.25) is 0 Å². The largest absolute Gasteiger partial charge is 0.207 e. The Bertz CT molecular complexity index is 344. The number of hydrogen-bond donors (Lipinski definition) is 0. The molecule has 2 rings (SSSR count). The zero-order valence-electron chi connectivity index (χ0n) is 7.86. The summed E-state index contributed by atoms with van der Waals surface area (Å²) in [5.74, 6) is -0.466. The molecule has 1 aliphatic carbocycles. The molecule has 1 saturated carbocycles. The zero-order chi connectivity index (χ0) is 10.3. The van der Waals surface area contributed by atoms with Gasteiger partial charge in [0.25, 0.3) is 0 Å². The molecule has 0 saturated heterocycles. The fraction of sp³-hybridized carbons (Fsp3) is 0.455. The Hall–Kier alpha value is -0.440. The molecule has 1 aliphatic rings. The van der Waals surface area contributed by atoms with Gasteiger partial charge in [-0.15, -0.1) is 0 Å². The van der Waals surface area contributed by atoms with E-state index in [1.165, 1.54) is 12.1 Å². The van der Waals surface area contributed by atoms with Gasteiger partial charge in [0.15, 0.2) is 0 Å². The first kappa shape index (κ1) is 10.1. The van der Waals surface area contributed by atoms with Crippen LogP contribution >= 0.6 is 15.9 Å². The van der Waals surface area contributed by atoms with Gasteiger partial charge in [0.1, 0.15) is 11.6 Å². The first-order valence-corrected chi connectivity index (χ1v) is 5.71. The van der Waals surface area contributed by atoms with Gasteiger partial charge in [-0.2, -0.15) is 0 Å². The summed E-state index contributed by atoms with van der Waals surface area (Å²) in [5.41, 5.74) is 0.742. The average molecular weight is 261 g/mol. The standard InChI is InChI=1S/C11H11BrF2/c1-11(5-8(11)6-12)7-2-9(13)4-10(14)3-7/h2-4,8H,5-6H2,1H3. The van der Waals surface area contributed by atoms with Crippen molar-refractivity contribution < 1.29 is 8.78 Å². The van der Waals surface area contributed by atoms with Crippen molar-refractivity contribution in [2.45, 2.75) is 18.8 Å². The van der Waals surface area contributed by atoms with Gasteiger partial charge < -0.3 is 0 Å². The van der Waals surface area contributed by atoms with Crippen molar-refractivity contribution in [2.75, 3.05) is 5.33 Å². The number of rotatable bonds is 2. The van der Waals surface area contributed by atoms with E-state index >= 15 is 0 Å². The Kier molecular flexibility index (Phi) is 2.38. The molecular weight excluding hydrogens is 250 g/mol. The lowest BCUT2D eigenvalue weighted by Crippen LogP contribution is -2.06. The molecule has 2 atom stereocenters. The van der Waals surface area contributed by atoms with Crippen LogP contribution in [0.4, 0.5) is 8.78 Å². The highest BCUT2D eigenvalue weighted by Crippen LogP contribution is 2.54. The van der Waals surface area contributed by atoms with Crippen LogP contribution in [0, 0.1) is 17.6 Å². The molecule has 0 spiro atoms. The molecule has 0 aliphatic heterocycles. The summed E-state index contributed by atoms with van der Waals surface area (Å²) < 4.78 is 25.9. The molecule has 76 valence electrons. The first-order valence-electron chi connectivity index (χ1n) is 4.59. The van der Waals surface area contributed by atoms with E-state index in [9.17, 15) is 8.78 Å². The summed E-state index contributed by atoms with van der Waals surface area (Å²) in [5, 5.41) is 0.891. The van der Waals surface area contributed by atoms with Crippen LogP contribution in [0.25, 0.3) is 0 Å². The fourth-order valence-corrected chi connectivity index (χ4v) is 2.86. The van der Waals surface area contributed by atoms with Crippen molar-refractivity contribution in [3.8, 4) is 0 Å². The SMILES string of the molecule is CC1(c2cc(F)cc(F)c2)CC1CBr. The van der Waals surface area contributed by atoms with Crippen molar-refractivity contribution >= 4 is 15.9 Å². The maximum Gasteiger partial charge on any atom is 0.126 e. The minimum Gasteiger partial charge on any atom is -0.207 e. The Morgan fingerprint density at radius 2 is 1.93 bits per heavy atom. The predicted molar refractivity (Wildman–Crippen MR) is 55.6 cm³/mol. The lowest BCUT2D eigenvalue weighted by Gasteiger charge is -2.11. The zero-order valence-corrected chi connectivity index (χ0v) is 9.44. The molecule has 0 N–H and O–H groups in total. The van der Waals surface area contributed by atoms with E-state index in [-0.39, 0.29) is 5.41 Å². The van der Waals surface area contributed by atoms with E-state index in [1.807, 2.05) is 6.92 Å². The maximum atomic E-state index is 13.0. The molecule has 1 aromatic rings. The van der Waals surface area contributed by atoms with Crippen molar-refractivity contribution in [1.29, 1.82) is 0 Å². The van der Waals surface area contributed by atoms with Gasteiger partial charge in [-0.25, -0.2) is 8.78 Å². The highest BCUT2D eigenvalue weighted by atomic mass is 79.9. The Morgan fingerprint density at radius 1 is 1.36 bits per heavy atom. The third-order valence-electron chi connectivity index (χ3n) is 3.12. The summed E-state index contributed by atoms with van der Waals surface area (Å²) in [6.07, 6.45) is 1.00. The molecule has 0 nitrogen and oxygen atoms in total. The summed E-state index contributed by atoms with van der Waals surface area (Å²) in [6, 6.07) is 3.79. The summed E-state index contributed by atoms with van der Waals surface area (Å²) >= 11 is 3.40. The second kappa shape index (κ2) is 3.30. The molecular formula is C11H11BrF2. The van der Waals surface area contributed by atoms with Crippen LogP contribution in [-0.2, 0) is 5.41 Å². The fourth-order valence-electron chi connectivity index (χ4n) is 1.91. The number of benzene rings is 1. The number of hydrogen-bond acceptors (Lipinski definition) is 0. The molecule has 2 unspecified atom stereocenters. The van der Waals surface area contributed by atoms with E-state index in [0.29, 0.717) is 5.92 Å². The highest BCUT2D eigenvalue weighted by Gasteiger charge is 2.50.